The lowest BCUT2D eigenvalue weighted by atomic mass is 10.5. The van der Waals surface area contributed by atoms with Crippen molar-refractivity contribution < 1.29 is 58.4 Å². The maximum atomic E-state index is 10.3. The summed E-state index contributed by atoms with van der Waals surface area (Å²) in [4.78, 5) is 80.9. The third-order valence-electron chi connectivity index (χ3n) is 2.18. The van der Waals surface area contributed by atoms with E-state index in [1.807, 2.05) is 69.2 Å². The molecule has 0 saturated carbocycles. The number of esters is 2. The molecule has 0 aliphatic heterocycles. The number of imide groups is 2. The molecule has 0 heterocycles. The highest BCUT2D eigenvalue weighted by molar-refractivity contribution is 5.92. The molecule has 0 atom stereocenters. The van der Waals surface area contributed by atoms with Gasteiger partial charge in [0.2, 0.25) is 23.6 Å². The summed E-state index contributed by atoms with van der Waals surface area (Å²) in [5.41, 5.74) is 9.00. The van der Waals surface area contributed by atoms with Gasteiger partial charge in [0.15, 0.2) is 0 Å². The van der Waals surface area contributed by atoms with Crippen LogP contribution in [0, 0.1) is 0 Å². The number of carbonyl (C=O) groups excluding carboxylic acids is 6. The first-order valence-electron chi connectivity index (χ1n) is 14.9. The number of aliphatic carboxylic acids is 2. The highest BCUT2D eigenvalue weighted by atomic mass is 16.6. The summed E-state index contributed by atoms with van der Waals surface area (Å²) in [5.74, 6) is -3.69. The average Bonchev–Trinajstić information content (AvgIpc) is 3.03. The first-order chi connectivity index (χ1) is 21.7. The van der Waals surface area contributed by atoms with Crippen molar-refractivity contribution in [2.45, 2.75) is 125 Å². The molecule has 0 aromatic carbocycles. The second-order valence-corrected chi connectivity index (χ2v) is 5.32. The fraction of sp³-hybridized carbons (Fsp3) is 0.742. The van der Waals surface area contributed by atoms with Crippen LogP contribution in [0.5, 0.6) is 0 Å². The fourth-order valence-corrected chi connectivity index (χ4v) is 0.646. The summed E-state index contributed by atoms with van der Waals surface area (Å²) in [7, 11) is 6.90. The standard InChI is InChI=1S/2C5H9NO2.C4H6O3.2C2H4O2.5C2H6.2CH5N.CH4O/c2*1-4(7)6(3)5(2)8;1-3(5)7-4(2)6;2*1-2(3)4;8*1-2/h2*1-3H3;1-2H3;2*1H3,(H,3,4);5*1-2H3;2*2H2,1H3;2H,1H3. The second-order valence-electron chi connectivity index (χ2n) is 5.32. The number of rotatable bonds is 0. The summed E-state index contributed by atoms with van der Waals surface area (Å²) in [6.45, 7) is 29.9. The Balaban J connectivity index is -0.0000000255. The molecule has 0 saturated heterocycles. The van der Waals surface area contributed by atoms with Gasteiger partial charge in [0.25, 0.3) is 11.9 Å². The SMILES string of the molecule is CC.CC.CC.CC.CC.CC(=O)N(C)C(C)=O.CC(=O)N(C)C(C)=O.CC(=O)O.CC(=O)O.CC(=O)OC(C)=O.CN.CN.CO. The van der Waals surface area contributed by atoms with Gasteiger partial charge >= 0.3 is 11.9 Å². The molecular weight excluding hydrogens is 620 g/mol. The highest BCUT2D eigenvalue weighted by Crippen LogP contribution is 1.82. The number of nitrogens with zero attached hydrogens (tertiary/aromatic N) is 2. The average molecular weight is 697 g/mol. The van der Waals surface area contributed by atoms with Gasteiger partial charge < -0.3 is 31.5 Å². The van der Waals surface area contributed by atoms with Gasteiger partial charge in [-0.2, -0.15) is 0 Å². The molecule has 0 aromatic heterocycles. The third-order valence-corrected chi connectivity index (χ3v) is 2.18. The number of carboxylic acid groups (broad SMARTS) is 2. The molecule has 0 unspecified atom stereocenters. The Morgan fingerprint density at radius 2 is 0.489 bits per heavy atom. The van der Waals surface area contributed by atoms with Crippen LogP contribution in [0.25, 0.3) is 0 Å². The van der Waals surface area contributed by atoms with E-state index in [0.717, 1.165) is 30.8 Å². The van der Waals surface area contributed by atoms with E-state index >= 15 is 0 Å². The molecule has 0 radical (unpaired) electrons. The van der Waals surface area contributed by atoms with Crippen LogP contribution in [0.2, 0.25) is 0 Å². The van der Waals surface area contributed by atoms with Crippen molar-refractivity contribution in [1.82, 2.24) is 9.80 Å². The first-order valence-corrected chi connectivity index (χ1v) is 14.9. The second kappa shape index (κ2) is 96.8. The normalized spacial score (nSPS) is 6.09. The van der Waals surface area contributed by atoms with Gasteiger partial charge in [-0.15, -0.1) is 0 Å². The quantitative estimate of drug-likeness (QED) is 0.176. The van der Waals surface area contributed by atoms with E-state index in [1.165, 1.54) is 69.7 Å². The van der Waals surface area contributed by atoms with Crippen molar-refractivity contribution in [1.29, 1.82) is 0 Å². The maximum Gasteiger partial charge on any atom is 0.310 e. The minimum Gasteiger partial charge on any atom is -0.481 e. The smallest absolute Gasteiger partial charge is 0.310 e. The minimum atomic E-state index is -0.833. The molecular formula is C31H76N4O12. The maximum absolute atomic E-state index is 10.3. The van der Waals surface area contributed by atoms with Gasteiger partial charge in [0.05, 0.1) is 0 Å². The van der Waals surface area contributed by atoms with Crippen molar-refractivity contribution in [2.75, 3.05) is 35.3 Å². The number of carbonyl (C=O) groups is 8. The summed E-state index contributed by atoms with van der Waals surface area (Å²) in [6, 6.07) is 0. The molecule has 292 valence electrons. The predicted molar refractivity (Wildman–Crippen MR) is 192 cm³/mol. The number of aliphatic hydroxyl groups is 1. The van der Waals surface area contributed by atoms with E-state index in [1.54, 1.807) is 0 Å². The lowest BCUT2D eigenvalue weighted by molar-refractivity contribution is -0.156. The molecule has 16 heteroatoms. The molecule has 4 amide bonds. The van der Waals surface area contributed by atoms with E-state index in [0.29, 0.717) is 0 Å². The van der Waals surface area contributed by atoms with E-state index in [2.05, 4.69) is 16.2 Å². The Bertz CT molecular complexity index is 570. The van der Waals surface area contributed by atoms with Gasteiger partial charge in [-0.1, -0.05) is 69.2 Å². The van der Waals surface area contributed by atoms with Crippen LogP contribution in [0.15, 0.2) is 0 Å². The van der Waals surface area contributed by atoms with Crippen LogP contribution in [0.4, 0.5) is 0 Å². The van der Waals surface area contributed by atoms with Crippen LogP contribution in [0.1, 0.15) is 125 Å². The molecule has 0 aliphatic carbocycles. The molecule has 0 aromatic rings. The Kier molecular flexibility index (Phi) is 174. The number of amides is 4. The van der Waals surface area contributed by atoms with Gasteiger partial charge in [-0.05, 0) is 14.1 Å². The number of ether oxygens (including phenoxy) is 1. The van der Waals surface area contributed by atoms with Crippen LogP contribution < -0.4 is 11.5 Å². The molecule has 0 aliphatic rings. The van der Waals surface area contributed by atoms with Crippen LogP contribution in [-0.4, -0.2) is 108 Å². The number of nitrogens with two attached hydrogens (primary N) is 2. The highest BCUT2D eigenvalue weighted by Gasteiger charge is 2.05. The molecule has 7 N–H and O–H groups in total. The first kappa shape index (κ1) is 84.4. The fourth-order valence-electron chi connectivity index (χ4n) is 0.646. The van der Waals surface area contributed by atoms with Crippen molar-refractivity contribution in [3.8, 4) is 0 Å². The zero-order chi connectivity index (χ0) is 42.5. The lowest BCUT2D eigenvalue weighted by Crippen LogP contribution is -2.28. The van der Waals surface area contributed by atoms with Crippen LogP contribution in [0.3, 0.4) is 0 Å². The zero-order valence-electron chi connectivity index (χ0n) is 34.1. The van der Waals surface area contributed by atoms with Gasteiger partial charge in [-0.25, -0.2) is 0 Å². The van der Waals surface area contributed by atoms with E-state index in [9.17, 15) is 28.8 Å². The minimum absolute atomic E-state index is 0.225. The van der Waals surface area contributed by atoms with E-state index < -0.39 is 23.9 Å². The number of hydrogen-bond acceptors (Lipinski definition) is 12. The Labute approximate surface area is 287 Å². The molecule has 16 nitrogen and oxygen atoms in total. The summed E-state index contributed by atoms with van der Waals surface area (Å²) in [5, 5.41) is 21.8. The molecule has 0 rings (SSSR count). The van der Waals surface area contributed by atoms with Crippen LogP contribution in [-0.2, 0) is 43.1 Å². The van der Waals surface area contributed by atoms with Crippen molar-refractivity contribution in [3.05, 3.63) is 0 Å². The predicted octanol–water partition coefficient (Wildman–Crippen LogP) is 4.19. The van der Waals surface area contributed by atoms with E-state index in [-0.39, 0.29) is 23.6 Å². The summed E-state index contributed by atoms with van der Waals surface area (Å²) < 4.78 is 3.97. The largest absolute Gasteiger partial charge is 0.481 e. The molecule has 0 fully saturated rings. The number of hydrogen-bond donors (Lipinski definition) is 5. The Morgan fingerprint density at radius 1 is 0.404 bits per heavy atom. The number of carboxylic acids is 2. The molecule has 0 bridgehead atoms. The third kappa shape index (κ3) is 259. The Morgan fingerprint density at radius 3 is 0.489 bits per heavy atom. The lowest BCUT2D eigenvalue weighted by Gasteiger charge is -2.07. The monoisotopic (exact) mass is 697 g/mol. The summed E-state index contributed by atoms with van der Waals surface area (Å²) >= 11 is 0. The van der Waals surface area contributed by atoms with Gasteiger partial charge in [-0.3, -0.25) is 48.2 Å². The van der Waals surface area contributed by atoms with Crippen molar-refractivity contribution in [2.24, 2.45) is 11.5 Å². The van der Waals surface area contributed by atoms with Gasteiger partial charge in [0, 0.05) is 76.6 Å². The zero-order valence-corrected chi connectivity index (χ0v) is 34.1. The molecule has 0 spiro atoms. The number of aliphatic hydroxyl groups excluding tert-OH is 1. The Hall–Kier alpha value is -3.76. The van der Waals surface area contributed by atoms with E-state index in [4.69, 9.17) is 24.9 Å². The molecule has 47 heavy (non-hydrogen) atoms. The topological polar surface area (TPSA) is 265 Å². The van der Waals surface area contributed by atoms with Crippen LogP contribution >= 0.6 is 0 Å². The van der Waals surface area contributed by atoms with Crippen molar-refractivity contribution in [3.63, 3.8) is 0 Å². The van der Waals surface area contributed by atoms with Gasteiger partial charge in [0.1, 0.15) is 0 Å². The van der Waals surface area contributed by atoms with Crippen molar-refractivity contribution >= 4 is 47.5 Å². The summed E-state index contributed by atoms with van der Waals surface area (Å²) in [6.07, 6.45) is 0.